The monoisotopic (exact) mass is 339 g/mol. The smallest absolute Gasteiger partial charge is 0.314 e. The number of hydrogen-bond acceptors (Lipinski definition) is 5. The van der Waals surface area contributed by atoms with Crippen LogP contribution in [0.1, 0.15) is 40.2 Å². The maximum Gasteiger partial charge on any atom is 0.314 e. The van der Waals surface area contributed by atoms with Crippen LogP contribution in [0, 0.1) is 10.1 Å². The van der Waals surface area contributed by atoms with Gasteiger partial charge in [-0.15, -0.1) is 0 Å². The van der Waals surface area contributed by atoms with Gasteiger partial charge in [0.2, 0.25) is 5.78 Å². The largest absolute Gasteiger partial charge is 0.469 e. The van der Waals surface area contributed by atoms with Gasteiger partial charge in [0.25, 0.3) is 5.54 Å². The Balaban J connectivity index is 2.35. The van der Waals surface area contributed by atoms with E-state index in [1.54, 1.807) is 48.5 Å². The normalized spacial score (nSPS) is 25.1. The van der Waals surface area contributed by atoms with E-state index < -0.39 is 34.1 Å². The second-order valence-corrected chi connectivity index (χ2v) is 6.21. The molecule has 2 aromatic rings. The molecule has 0 unspecified atom stereocenters. The fraction of sp³-hybridized carbons (Fsp3) is 0.263. The molecular weight excluding hydrogens is 322 g/mol. The van der Waals surface area contributed by atoms with Crippen molar-refractivity contribution in [3.63, 3.8) is 0 Å². The predicted molar refractivity (Wildman–Crippen MR) is 90.1 cm³/mol. The number of benzene rings is 2. The summed E-state index contributed by atoms with van der Waals surface area (Å²) < 4.78 is 4.93. The number of methoxy groups -OCH3 is 1. The van der Waals surface area contributed by atoms with Crippen molar-refractivity contribution in [1.82, 2.24) is 0 Å². The zero-order valence-electron chi connectivity index (χ0n) is 13.8. The van der Waals surface area contributed by atoms with Crippen molar-refractivity contribution in [3.05, 3.63) is 81.4 Å². The fourth-order valence-electron chi connectivity index (χ4n) is 3.66. The van der Waals surface area contributed by atoms with Gasteiger partial charge < -0.3 is 4.74 Å². The number of carbonyl (C=O) groups is 2. The number of carbonyl (C=O) groups excluding carboxylic acids is 2. The number of esters is 1. The van der Waals surface area contributed by atoms with E-state index in [0.717, 1.165) is 0 Å². The highest BCUT2D eigenvalue weighted by atomic mass is 16.6. The average Bonchev–Trinajstić information content (AvgIpc) is 2.64. The van der Waals surface area contributed by atoms with Gasteiger partial charge in [0.15, 0.2) is 0 Å². The van der Waals surface area contributed by atoms with Gasteiger partial charge in [-0.05, 0) is 11.1 Å². The van der Waals surface area contributed by atoms with Crippen LogP contribution < -0.4 is 0 Å². The Morgan fingerprint density at radius 3 is 2.32 bits per heavy atom. The molecule has 6 nitrogen and oxygen atoms in total. The molecule has 0 heterocycles. The third-order valence-corrected chi connectivity index (χ3v) is 4.93. The number of Topliss-reactive ketones (excluding diaryl/α,β-unsaturated/α-hetero) is 1. The minimum atomic E-state index is -1.96. The first-order valence-corrected chi connectivity index (χ1v) is 7.84. The molecule has 2 aromatic carbocycles. The molecule has 3 atom stereocenters. The van der Waals surface area contributed by atoms with E-state index in [9.17, 15) is 19.7 Å². The summed E-state index contributed by atoms with van der Waals surface area (Å²) in [6, 6.07) is 15.2. The third kappa shape index (κ3) is 2.41. The summed E-state index contributed by atoms with van der Waals surface area (Å²) in [4.78, 5) is 37.0. The molecule has 0 spiro atoms. The van der Waals surface area contributed by atoms with Gasteiger partial charge in [-0.3, -0.25) is 19.7 Å². The summed E-state index contributed by atoms with van der Waals surface area (Å²) in [5, 5.41) is 12.0. The highest BCUT2D eigenvalue weighted by Crippen LogP contribution is 2.49. The number of ether oxygens (including phenoxy) is 1. The number of nitro groups is 1. The van der Waals surface area contributed by atoms with Crippen LogP contribution >= 0.6 is 0 Å². The molecule has 0 radical (unpaired) electrons. The Kier molecular flexibility index (Phi) is 4.12. The van der Waals surface area contributed by atoms with Gasteiger partial charge in [0.05, 0.1) is 18.9 Å². The van der Waals surface area contributed by atoms with E-state index in [-0.39, 0.29) is 5.56 Å². The topological polar surface area (TPSA) is 86.5 Å². The number of ketones is 1. The Bertz CT molecular complexity index is 848. The van der Waals surface area contributed by atoms with E-state index in [2.05, 4.69) is 0 Å². The van der Waals surface area contributed by atoms with Gasteiger partial charge >= 0.3 is 5.97 Å². The van der Waals surface area contributed by atoms with Gasteiger partial charge in [-0.1, -0.05) is 54.6 Å². The molecule has 3 rings (SSSR count). The molecule has 1 aliphatic rings. The van der Waals surface area contributed by atoms with Crippen molar-refractivity contribution in [2.45, 2.75) is 24.3 Å². The van der Waals surface area contributed by atoms with Crippen molar-refractivity contribution < 1.29 is 19.2 Å². The minimum absolute atomic E-state index is 0.198. The lowest BCUT2D eigenvalue weighted by Gasteiger charge is -2.38. The quantitative estimate of drug-likeness (QED) is 0.487. The molecule has 0 fully saturated rings. The molecule has 0 amide bonds. The van der Waals surface area contributed by atoms with Crippen LogP contribution in [0.2, 0.25) is 0 Å². The van der Waals surface area contributed by atoms with E-state index in [1.165, 1.54) is 20.1 Å². The number of rotatable bonds is 3. The first-order chi connectivity index (χ1) is 11.9. The molecule has 0 aliphatic heterocycles. The van der Waals surface area contributed by atoms with E-state index in [4.69, 9.17) is 4.74 Å². The first kappa shape index (κ1) is 16.8. The lowest BCUT2D eigenvalue weighted by atomic mass is 9.62. The number of fused-ring (bicyclic) bond motifs is 1. The van der Waals surface area contributed by atoms with E-state index in [0.29, 0.717) is 11.1 Å². The average molecular weight is 339 g/mol. The van der Waals surface area contributed by atoms with Crippen LogP contribution in [0.3, 0.4) is 0 Å². The lowest BCUT2D eigenvalue weighted by Crippen LogP contribution is -2.55. The van der Waals surface area contributed by atoms with Crippen LogP contribution in [0.4, 0.5) is 0 Å². The predicted octanol–water partition coefficient (Wildman–Crippen LogP) is 2.96. The van der Waals surface area contributed by atoms with Crippen molar-refractivity contribution in [3.8, 4) is 0 Å². The molecular formula is C19H17NO5. The Labute approximate surface area is 144 Å². The maximum absolute atomic E-state index is 13.0. The molecule has 128 valence electrons. The fourth-order valence-corrected chi connectivity index (χ4v) is 3.66. The van der Waals surface area contributed by atoms with E-state index in [1.807, 2.05) is 0 Å². The molecule has 6 heteroatoms. The number of nitrogens with zero attached hydrogens (tertiary/aromatic N) is 1. The summed E-state index contributed by atoms with van der Waals surface area (Å²) in [6.45, 7) is 1.29. The highest BCUT2D eigenvalue weighted by Gasteiger charge is 2.62. The molecule has 0 saturated carbocycles. The lowest BCUT2D eigenvalue weighted by molar-refractivity contribution is -0.551. The molecule has 0 N–H and O–H groups in total. The molecule has 1 aliphatic carbocycles. The summed E-state index contributed by atoms with van der Waals surface area (Å²) in [5.41, 5.74) is -0.745. The first-order valence-electron chi connectivity index (χ1n) is 7.84. The van der Waals surface area contributed by atoms with Crippen molar-refractivity contribution in [2.24, 2.45) is 0 Å². The summed E-state index contributed by atoms with van der Waals surface area (Å²) in [6.07, 6.45) is 0. The van der Waals surface area contributed by atoms with Crippen molar-refractivity contribution >= 4 is 11.8 Å². The Hall–Kier alpha value is -3.02. The van der Waals surface area contributed by atoms with Crippen LogP contribution in [0.5, 0.6) is 0 Å². The van der Waals surface area contributed by atoms with Gasteiger partial charge in [-0.2, -0.15) is 0 Å². The molecule has 0 saturated heterocycles. The molecule has 25 heavy (non-hydrogen) atoms. The van der Waals surface area contributed by atoms with Crippen molar-refractivity contribution in [2.75, 3.05) is 7.11 Å². The second kappa shape index (κ2) is 6.12. The van der Waals surface area contributed by atoms with Crippen LogP contribution in [0.15, 0.2) is 54.6 Å². The zero-order chi connectivity index (χ0) is 18.2. The Morgan fingerprint density at radius 1 is 1.12 bits per heavy atom. The van der Waals surface area contributed by atoms with Crippen LogP contribution in [-0.2, 0) is 9.53 Å². The number of hydrogen-bond donors (Lipinski definition) is 0. The van der Waals surface area contributed by atoms with Gasteiger partial charge in [0, 0.05) is 17.4 Å². The van der Waals surface area contributed by atoms with E-state index >= 15 is 0 Å². The highest BCUT2D eigenvalue weighted by molar-refractivity contribution is 6.07. The van der Waals surface area contributed by atoms with Gasteiger partial charge in [0.1, 0.15) is 0 Å². The SMILES string of the molecule is COC(=O)[C@@H]1c2ccccc2C(=O)[C@@](C)([N+](=O)[O-])[C@@H]1c1ccccc1. The van der Waals surface area contributed by atoms with Crippen molar-refractivity contribution in [1.29, 1.82) is 0 Å². The third-order valence-electron chi connectivity index (χ3n) is 4.93. The van der Waals surface area contributed by atoms with Crippen LogP contribution in [-0.4, -0.2) is 29.3 Å². The summed E-state index contributed by atoms with van der Waals surface area (Å²) in [5.74, 6) is -3.08. The standard InChI is InChI=1S/C19H17NO5/c1-19(20(23)24)16(12-8-4-3-5-9-12)15(18(22)25-2)13-10-6-7-11-14(13)17(19)21/h3-11,15-16H,1-2H3/t15-,16-,19+/m1/s1. The zero-order valence-corrected chi connectivity index (χ0v) is 13.8. The second-order valence-electron chi connectivity index (χ2n) is 6.21. The summed E-state index contributed by atoms with van der Waals surface area (Å²) in [7, 11) is 1.24. The van der Waals surface area contributed by atoms with Crippen LogP contribution in [0.25, 0.3) is 0 Å². The Morgan fingerprint density at radius 2 is 1.72 bits per heavy atom. The minimum Gasteiger partial charge on any atom is -0.469 e. The molecule has 0 bridgehead atoms. The summed E-state index contributed by atoms with van der Waals surface area (Å²) >= 11 is 0. The van der Waals surface area contributed by atoms with Gasteiger partial charge in [-0.25, -0.2) is 0 Å². The molecule has 0 aromatic heterocycles. The maximum atomic E-state index is 13.0.